The first-order chi connectivity index (χ1) is 12.3. The number of rotatable bonds is 5. The molecule has 1 aromatic carbocycles. The predicted molar refractivity (Wildman–Crippen MR) is 84.4 cm³/mol. The van der Waals surface area contributed by atoms with Crippen LogP contribution in [-0.2, 0) is 9.53 Å². The highest BCUT2D eigenvalue weighted by atomic mass is 19.2. The quantitative estimate of drug-likeness (QED) is 0.285. The van der Waals surface area contributed by atoms with Crippen molar-refractivity contribution in [1.82, 2.24) is 10.3 Å². The third-order valence-electron chi connectivity index (χ3n) is 3.34. The average molecular weight is 369 g/mol. The standard InChI is InChI=1S/C16H14F3N3O4/c1-4-25-16(24)9(6-20-15-8(3)21-26-22-15)14(23)12-7(2)13(19)11(18)5-10(12)17/h5-6,23H,4H2,1-3H3. The lowest BCUT2D eigenvalue weighted by Crippen LogP contribution is -2.13. The fourth-order valence-corrected chi connectivity index (χ4v) is 2.03. The van der Waals surface area contributed by atoms with Crippen molar-refractivity contribution in [3.63, 3.8) is 0 Å². The maximum atomic E-state index is 14.1. The zero-order chi connectivity index (χ0) is 19.4. The molecule has 0 aliphatic heterocycles. The number of hydrogen-bond acceptors (Lipinski definition) is 7. The largest absolute Gasteiger partial charge is 0.506 e. The summed E-state index contributed by atoms with van der Waals surface area (Å²) in [5.41, 5.74) is -1.50. The molecule has 0 unspecified atom stereocenters. The maximum Gasteiger partial charge on any atom is 0.343 e. The van der Waals surface area contributed by atoms with Gasteiger partial charge in [-0.25, -0.2) is 27.6 Å². The van der Waals surface area contributed by atoms with Gasteiger partial charge in [0.2, 0.25) is 5.82 Å². The van der Waals surface area contributed by atoms with E-state index in [2.05, 4.69) is 19.9 Å². The number of benzene rings is 1. The summed E-state index contributed by atoms with van der Waals surface area (Å²) in [6.07, 6.45) is 0.847. The van der Waals surface area contributed by atoms with Gasteiger partial charge in [0.1, 0.15) is 22.8 Å². The first kappa shape index (κ1) is 19.2. The molecule has 0 spiro atoms. The molecule has 0 aliphatic rings. The molecule has 0 bridgehead atoms. The third kappa shape index (κ3) is 3.73. The molecule has 0 fully saturated rings. The molecule has 2 rings (SSSR count). The van der Waals surface area contributed by atoms with Gasteiger partial charge in [0.25, 0.3) is 0 Å². The van der Waals surface area contributed by atoms with Crippen molar-refractivity contribution in [2.24, 2.45) is 4.99 Å². The monoisotopic (exact) mass is 369 g/mol. The second kappa shape index (κ2) is 7.81. The molecule has 138 valence electrons. The van der Waals surface area contributed by atoms with Gasteiger partial charge in [-0.2, -0.15) is 0 Å². The molecular weight excluding hydrogens is 355 g/mol. The SMILES string of the molecule is CCOC(=O)C(C=Nc1nonc1C)=C(O)c1c(F)cc(F)c(F)c1C. The number of ether oxygens (including phenoxy) is 1. The first-order valence-electron chi connectivity index (χ1n) is 7.35. The Morgan fingerprint density at radius 3 is 2.58 bits per heavy atom. The summed E-state index contributed by atoms with van der Waals surface area (Å²) >= 11 is 0. The van der Waals surface area contributed by atoms with Gasteiger partial charge in [0.05, 0.1) is 12.2 Å². The molecule has 0 amide bonds. The van der Waals surface area contributed by atoms with E-state index in [1.54, 1.807) is 0 Å². The van der Waals surface area contributed by atoms with Gasteiger partial charge < -0.3 is 9.84 Å². The van der Waals surface area contributed by atoms with Crippen LogP contribution in [0.25, 0.3) is 5.76 Å². The topological polar surface area (TPSA) is 97.8 Å². The van der Waals surface area contributed by atoms with E-state index in [0.717, 1.165) is 13.1 Å². The molecule has 0 radical (unpaired) electrons. The third-order valence-corrected chi connectivity index (χ3v) is 3.34. The number of esters is 1. The minimum absolute atomic E-state index is 0.00193. The molecule has 0 aliphatic carbocycles. The molecule has 10 heteroatoms. The second-order valence-corrected chi connectivity index (χ2v) is 5.07. The van der Waals surface area contributed by atoms with Crippen LogP contribution in [0.1, 0.15) is 23.7 Å². The van der Waals surface area contributed by atoms with E-state index in [1.165, 1.54) is 13.8 Å². The Hall–Kier alpha value is -3.17. The van der Waals surface area contributed by atoms with Gasteiger partial charge in [0.15, 0.2) is 11.6 Å². The molecule has 0 atom stereocenters. The van der Waals surface area contributed by atoms with E-state index in [9.17, 15) is 23.1 Å². The van der Waals surface area contributed by atoms with Crippen LogP contribution >= 0.6 is 0 Å². The first-order valence-corrected chi connectivity index (χ1v) is 7.35. The maximum absolute atomic E-state index is 14.1. The van der Waals surface area contributed by atoms with Crippen LogP contribution in [0.5, 0.6) is 0 Å². The molecule has 26 heavy (non-hydrogen) atoms. The number of aryl methyl sites for hydroxylation is 1. The Bertz CT molecular complexity index is 906. The van der Waals surface area contributed by atoms with Crippen molar-refractivity contribution >= 4 is 23.8 Å². The van der Waals surface area contributed by atoms with Gasteiger partial charge in [-0.1, -0.05) is 5.16 Å². The highest BCUT2D eigenvalue weighted by molar-refractivity contribution is 6.15. The van der Waals surface area contributed by atoms with E-state index < -0.39 is 45.9 Å². The number of aromatic nitrogens is 2. The second-order valence-electron chi connectivity index (χ2n) is 5.07. The van der Waals surface area contributed by atoms with Crippen LogP contribution < -0.4 is 0 Å². The summed E-state index contributed by atoms with van der Waals surface area (Å²) in [6.45, 7) is 4.04. The number of hydrogen-bond donors (Lipinski definition) is 1. The molecular formula is C16H14F3N3O4. The van der Waals surface area contributed by atoms with Gasteiger partial charge in [-0.15, -0.1) is 0 Å². The Balaban J connectivity index is 2.63. The minimum Gasteiger partial charge on any atom is -0.506 e. The molecule has 2 aromatic rings. The van der Waals surface area contributed by atoms with Crippen molar-refractivity contribution in [3.8, 4) is 0 Å². The summed E-state index contributed by atoms with van der Waals surface area (Å²) in [5.74, 6) is -6.05. The van der Waals surface area contributed by atoms with Crippen LogP contribution in [0.4, 0.5) is 19.0 Å². The van der Waals surface area contributed by atoms with Crippen molar-refractivity contribution in [1.29, 1.82) is 0 Å². The summed E-state index contributed by atoms with van der Waals surface area (Å²) in [6, 6.07) is 0.263. The lowest BCUT2D eigenvalue weighted by molar-refractivity contribution is -0.137. The number of carbonyl (C=O) groups is 1. The van der Waals surface area contributed by atoms with Crippen molar-refractivity contribution < 1.29 is 32.4 Å². The van der Waals surface area contributed by atoms with E-state index in [1.807, 2.05) is 0 Å². The summed E-state index contributed by atoms with van der Waals surface area (Å²) in [7, 11) is 0. The van der Waals surface area contributed by atoms with E-state index in [0.29, 0.717) is 5.69 Å². The van der Waals surface area contributed by atoms with E-state index in [-0.39, 0.29) is 18.5 Å². The number of aliphatic imine (C=N–C) groups is 1. The molecule has 1 N–H and O–H groups in total. The summed E-state index contributed by atoms with van der Waals surface area (Å²) in [4.78, 5) is 15.9. The van der Waals surface area contributed by atoms with Gasteiger partial charge in [-0.05, 0) is 25.9 Å². The highest BCUT2D eigenvalue weighted by Gasteiger charge is 2.24. The van der Waals surface area contributed by atoms with Gasteiger partial charge in [0, 0.05) is 17.8 Å². The molecule has 1 aromatic heterocycles. The summed E-state index contributed by atoms with van der Waals surface area (Å²) in [5, 5.41) is 17.3. The van der Waals surface area contributed by atoms with Crippen molar-refractivity contribution in [2.45, 2.75) is 20.8 Å². The Morgan fingerprint density at radius 2 is 2.00 bits per heavy atom. The lowest BCUT2D eigenvalue weighted by Gasteiger charge is -2.11. The van der Waals surface area contributed by atoms with Crippen molar-refractivity contribution in [2.75, 3.05) is 6.61 Å². The minimum atomic E-state index is -1.42. The molecule has 0 saturated heterocycles. The average Bonchev–Trinajstić information content (AvgIpc) is 2.98. The Kier molecular flexibility index (Phi) is 5.75. The lowest BCUT2D eigenvalue weighted by atomic mass is 10.0. The van der Waals surface area contributed by atoms with Crippen LogP contribution in [-0.4, -0.2) is 34.2 Å². The van der Waals surface area contributed by atoms with Gasteiger partial charge in [-0.3, -0.25) is 0 Å². The Morgan fingerprint density at radius 1 is 1.31 bits per heavy atom. The number of carbonyl (C=O) groups excluding carboxylic acids is 1. The fourth-order valence-electron chi connectivity index (χ4n) is 2.03. The number of aliphatic hydroxyl groups excluding tert-OH is 1. The number of aliphatic hydroxyl groups is 1. The highest BCUT2D eigenvalue weighted by Crippen LogP contribution is 2.27. The van der Waals surface area contributed by atoms with Crippen LogP contribution in [0.3, 0.4) is 0 Å². The predicted octanol–water partition coefficient (Wildman–Crippen LogP) is 3.34. The molecule has 1 heterocycles. The molecule has 7 nitrogen and oxygen atoms in total. The molecule has 0 saturated carbocycles. The van der Waals surface area contributed by atoms with Gasteiger partial charge >= 0.3 is 5.97 Å². The van der Waals surface area contributed by atoms with Crippen LogP contribution in [0.15, 0.2) is 21.3 Å². The van der Waals surface area contributed by atoms with Crippen LogP contribution in [0, 0.1) is 31.3 Å². The number of nitrogens with zero attached hydrogens (tertiary/aromatic N) is 3. The zero-order valence-corrected chi connectivity index (χ0v) is 14.0. The van der Waals surface area contributed by atoms with E-state index >= 15 is 0 Å². The fraction of sp³-hybridized carbons (Fsp3) is 0.250. The Labute approximate surface area is 145 Å². The number of halogens is 3. The van der Waals surface area contributed by atoms with E-state index in [4.69, 9.17) is 4.74 Å². The summed E-state index contributed by atoms with van der Waals surface area (Å²) < 4.78 is 50.4. The smallest absolute Gasteiger partial charge is 0.343 e. The normalized spacial score (nSPS) is 12.4. The zero-order valence-electron chi connectivity index (χ0n) is 14.0. The van der Waals surface area contributed by atoms with Crippen LogP contribution in [0.2, 0.25) is 0 Å². The van der Waals surface area contributed by atoms with Crippen molar-refractivity contribution in [3.05, 3.63) is 45.9 Å².